The summed E-state index contributed by atoms with van der Waals surface area (Å²) in [7, 11) is 0. The first-order valence-corrected chi connectivity index (χ1v) is 4.86. The summed E-state index contributed by atoms with van der Waals surface area (Å²) in [4.78, 5) is 0. The maximum Gasteiger partial charge on any atom is 0.139 e. The van der Waals surface area contributed by atoms with Gasteiger partial charge in [-0.05, 0) is 12.5 Å². The van der Waals surface area contributed by atoms with E-state index in [2.05, 4.69) is 14.7 Å². The first kappa shape index (κ1) is 8.65. The zero-order valence-electron chi connectivity index (χ0n) is 6.94. The molecule has 0 aromatic carbocycles. The van der Waals surface area contributed by atoms with Crippen LogP contribution >= 0.6 is 23.1 Å². The summed E-state index contributed by atoms with van der Waals surface area (Å²) in [6.07, 6.45) is 3.74. The fourth-order valence-corrected chi connectivity index (χ4v) is 1.61. The van der Waals surface area contributed by atoms with Crippen LogP contribution in [0.2, 0.25) is 4.34 Å². The molecular weight excluding hydrogens is 208 g/mol. The van der Waals surface area contributed by atoms with Gasteiger partial charge in [-0.3, -0.25) is 4.68 Å². The molecule has 0 atom stereocenters. The Morgan fingerprint density at radius 3 is 3.00 bits per heavy atom. The van der Waals surface area contributed by atoms with Crippen molar-refractivity contribution in [2.45, 2.75) is 13.5 Å². The highest BCUT2D eigenvalue weighted by atomic mass is 35.5. The number of aryl methyl sites for hydroxylation is 1. The van der Waals surface area contributed by atoms with Crippen LogP contribution in [0.25, 0.3) is 0 Å². The molecule has 0 saturated heterocycles. The predicted molar refractivity (Wildman–Crippen MR) is 51.0 cm³/mol. The summed E-state index contributed by atoms with van der Waals surface area (Å²) in [5.74, 6) is 0. The Morgan fingerprint density at radius 1 is 1.62 bits per heavy atom. The van der Waals surface area contributed by atoms with E-state index in [0.29, 0.717) is 10.9 Å². The van der Waals surface area contributed by atoms with Crippen LogP contribution in [0.4, 0.5) is 0 Å². The molecule has 2 rings (SSSR count). The molecule has 0 aliphatic rings. The monoisotopic (exact) mass is 214 g/mol. The molecule has 0 bridgehead atoms. The van der Waals surface area contributed by atoms with Gasteiger partial charge in [-0.25, -0.2) is 0 Å². The van der Waals surface area contributed by atoms with Crippen LogP contribution in [0.1, 0.15) is 11.3 Å². The summed E-state index contributed by atoms with van der Waals surface area (Å²) in [5, 5.41) is 8.02. The Balaban J connectivity index is 2.19. The van der Waals surface area contributed by atoms with E-state index in [1.54, 1.807) is 10.9 Å². The summed E-state index contributed by atoms with van der Waals surface area (Å²) in [6.45, 7) is 2.58. The van der Waals surface area contributed by atoms with Crippen LogP contribution in [0.5, 0.6) is 0 Å². The highest BCUT2D eigenvalue weighted by Crippen LogP contribution is 2.17. The number of halogens is 1. The van der Waals surface area contributed by atoms with Crippen molar-refractivity contribution in [3.05, 3.63) is 28.0 Å². The Hall–Kier alpha value is -0.940. The van der Waals surface area contributed by atoms with Crippen LogP contribution in [0.3, 0.4) is 0 Å². The molecule has 0 aliphatic heterocycles. The average Bonchev–Trinajstić information content (AvgIpc) is 2.64. The normalized spacial score (nSPS) is 10.6. The van der Waals surface area contributed by atoms with Crippen LogP contribution < -0.4 is 0 Å². The minimum absolute atomic E-state index is 0.586. The maximum atomic E-state index is 5.85. The second kappa shape index (κ2) is 3.43. The van der Waals surface area contributed by atoms with Gasteiger partial charge in [0.25, 0.3) is 0 Å². The topological polar surface area (TPSA) is 43.6 Å². The summed E-state index contributed by atoms with van der Waals surface area (Å²) in [6, 6.07) is 0. The van der Waals surface area contributed by atoms with Gasteiger partial charge in [-0.15, -0.1) is 5.10 Å². The van der Waals surface area contributed by atoms with E-state index < -0.39 is 0 Å². The van der Waals surface area contributed by atoms with E-state index in [-0.39, 0.29) is 0 Å². The van der Waals surface area contributed by atoms with Crippen molar-refractivity contribution in [2.24, 2.45) is 0 Å². The molecule has 0 spiro atoms. The van der Waals surface area contributed by atoms with Crippen molar-refractivity contribution < 1.29 is 0 Å². The number of hydrogen-bond acceptors (Lipinski definition) is 4. The van der Waals surface area contributed by atoms with Crippen LogP contribution in [0, 0.1) is 6.92 Å². The Kier molecular flexibility index (Phi) is 2.28. The second-order valence-electron chi connectivity index (χ2n) is 2.71. The zero-order valence-corrected chi connectivity index (χ0v) is 8.51. The quantitative estimate of drug-likeness (QED) is 0.765. The lowest BCUT2D eigenvalue weighted by atomic mass is 10.4. The second-order valence-corrected chi connectivity index (χ2v) is 4.06. The molecule has 6 heteroatoms. The first-order valence-electron chi connectivity index (χ1n) is 3.71. The standard InChI is InChI=1S/C7H7ClN4S/c1-5-2-9-12(3-5)4-6-7(8)13-11-10-6/h2-3H,4H2,1H3. The minimum Gasteiger partial charge on any atom is -0.266 e. The number of rotatable bonds is 2. The maximum absolute atomic E-state index is 5.85. The fraction of sp³-hybridized carbons (Fsp3) is 0.286. The van der Waals surface area contributed by atoms with Gasteiger partial charge in [-0.1, -0.05) is 16.1 Å². The number of nitrogens with zero attached hydrogens (tertiary/aromatic N) is 4. The summed E-state index contributed by atoms with van der Waals surface area (Å²) >= 11 is 7.04. The van der Waals surface area contributed by atoms with Gasteiger partial charge in [0.15, 0.2) is 0 Å². The van der Waals surface area contributed by atoms with Gasteiger partial charge >= 0.3 is 0 Å². The lowest BCUT2D eigenvalue weighted by Gasteiger charge is -1.95. The summed E-state index contributed by atoms with van der Waals surface area (Å²) in [5.41, 5.74) is 1.90. The molecule has 2 aromatic heterocycles. The third-order valence-corrected chi connectivity index (χ3v) is 2.57. The SMILES string of the molecule is Cc1cnn(Cc2nnsc2Cl)c1. The van der Waals surface area contributed by atoms with Crippen LogP contribution in [-0.2, 0) is 6.54 Å². The van der Waals surface area contributed by atoms with Gasteiger partial charge in [0.2, 0.25) is 0 Å². The smallest absolute Gasteiger partial charge is 0.139 e. The molecular formula is C7H7ClN4S. The van der Waals surface area contributed by atoms with E-state index in [4.69, 9.17) is 11.6 Å². The Bertz CT molecular complexity index is 408. The minimum atomic E-state index is 0.586. The molecule has 0 aliphatic carbocycles. The number of aromatic nitrogens is 4. The van der Waals surface area contributed by atoms with Crippen LogP contribution in [0.15, 0.2) is 12.4 Å². The van der Waals surface area contributed by atoms with Crippen molar-refractivity contribution in [1.82, 2.24) is 19.4 Å². The van der Waals surface area contributed by atoms with Crippen molar-refractivity contribution >= 4 is 23.1 Å². The van der Waals surface area contributed by atoms with E-state index in [1.165, 1.54) is 11.5 Å². The van der Waals surface area contributed by atoms with Gasteiger partial charge in [-0.2, -0.15) is 5.10 Å². The van der Waals surface area contributed by atoms with Gasteiger partial charge in [0, 0.05) is 17.7 Å². The lowest BCUT2D eigenvalue weighted by Crippen LogP contribution is -2.00. The molecule has 4 nitrogen and oxygen atoms in total. The first-order chi connectivity index (χ1) is 6.25. The van der Waals surface area contributed by atoms with E-state index in [9.17, 15) is 0 Å². The van der Waals surface area contributed by atoms with Gasteiger partial charge in [0.05, 0.1) is 12.7 Å². The van der Waals surface area contributed by atoms with Crippen molar-refractivity contribution in [3.63, 3.8) is 0 Å². The third kappa shape index (κ3) is 1.87. The van der Waals surface area contributed by atoms with Crippen molar-refractivity contribution in [3.8, 4) is 0 Å². The van der Waals surface area contributed by atoms with Crippen LogP contribution in [-0.4, -0.2) is 19.4 Å². The van der Waals surface area contributed by atoms with E-state index in [1.807, 2.05) is 13.1 Å². The summed E-state index contributed by atoms with van der Waals surface area (Å²) < 4.78 is 6.17. The lowest BCUT2D eigenvalue weighted by molar-refractivity contribution is 0.670. The molecule has 2 aromatic rings. The largest absolute Gasteiger partial charge is 0.266 e. The molecule has 0 saturated carbocycles. The molecule has 0 radical (unpaired) electrons. The molecule has 0 amide bonds. The average molecular weight is 215 g/mol. The molecule has 0 fully saturated rings. The van der Waals surface area contributed by atoms with Gasteiger partial charge < -0.3 is 0 Å². The Morgan fingerprint density at radius 2 is 2.46 bits per heavy atom. The molecule has 0 N–H and O–H groups in total. The molecule has 13 heavy (non-hydrogen) atoms. The van der Waals surface area contributed by atoms with Crippen molar-refractivity contribution in [2.75, 3.05) is 0 Å². The fourth-order valence-electron chi connectivity index (χ4n) is 0.998. The molecule has 2 heterocycles. The predicted octanol–water partition coefficient (Wildman–Crippen LogP) is 1.74. The molecule has 68 valence electrons. The van der Waals surface area contributed by atoms with Gasteiger partial charge in [0.1, 0.15) is 10.0 Å². The van der Waals surface area contributed by atoms with E-state index in [0.717, 1.165) is 11.3 Å². The Labute approximate surface area is 84.3 Å². The zero-order chi connectivity index (χ0) is 9.26. The number of hydrogen-bond donors (Lipinski definition) is 0. The third-order valence-electron chi connectivity index (χ3n) is 1.58. The van der Waals surface area contributed by atoms with Crippen molar-refractivity contribution in [1.29, 1.82) is 0 Å². The molecule has 0 unspecified atom stereocenters. The van der Waals surface area contributed by atoms with E-state index >= 15 is 0 Å². The highest BCUT2D eigenvalue weighted by Gasteiger charge is 2.05. The highest BCUT2D eigenvalue weighted by molar-refractivity contribution is 7.10.